The molecule has 5 nitrogen and oxygen atoms in total. The van der Waals surface area contributed by atoms with E-state index in [1.54, 1.807) is 54.6 Å². The minimum atomic E-state index is -3.70. The lowest BCUT2D eigenvalue weighted by atomic mass is 10.0. The number of halogens is 2. The summed E-state index contributed by atoms with van der Waals surface area (Å²) in [5.41, 5.74) is 2.26. The first-order chi connectivity index (χ1) is 14.4. The van der Waals surface area contributed by atoms with E-state index < -0.39 is 15.9 Å². The van der Waals surface area contributed by atoms with Gasteiger partial charge in [-0.3, -0.25) is 9.10 Å². The van der Waals surface area contributed by atoms with Crippen LogP contribution < -0.4 is 9.62 Å². The minimum absolute atomic E-state index is 0.236. The van der Waals surface area contributed by atoms with Gasteiger partial charge in [-0.15, -0.1) is 0 Å². The molecular weight excluding hydrogens is 443 g/mol. The summed E-state index contributed by atoms with van der Waals surface area (Å²) < 4.78 is 27.8. The number of carbonyl (C=O) groups excluding carboxylic acids is 1. The largest absolute Gasteiger partial charge is 0.322 e. The van der Waals surface area contributed by atoms with Crippen LogP contribution in [-0.4, -0.2) is 20.9 Å². The number of amides is 1. The van der Waals surface area contributed by atoms with E-state index in [1.807, 2.05) is 6.07 Å². The van der Waals surface area contributed by atoms with E-state index in [9.17, 15) is 13.2 Å². The van der Waals surface area contributed by atoms with Crippen LogP contribution in [0.1, 0.15) is 22.3 Å². The van der Waals surface area contributed by atoms with Crippen LogP contribution in [0.3, 0.4) is 0 Å². The monoisotopic (exact) mass is 460 g/mol. The van der Waals surface area contributed by atoms with E-state index in [4.69, 9.17) is 23.2 Å². The normalized spacial score (nSPS) is 13.6. The fourth-order valence-electron chi connectivity index (χ4n) is 3.46. The number of hydrogen-bond donors (Lipinski definition) is 1. The van der Waals surface area contributed by atoms with Crippen molar-refractivity contribution >= 4 is 50.5 Å². The molecule has 154 valence electrons. The molecule has 0 unspecified atom stereocenters. The van der Waals surface area contributed by atoms with Gasteiger partial charge in [0.2, 0.25) is 0 Å². The van der Waals surface area contributed by atoms with Crippen LogP contribution in [0.25, 0.3) is 0 Å². The Bertz CT molecular complexity index is 1210. The summed E-state index contributed by atoms with van der Waals surface area (Å²) in [6.45, 7) is 0.380. The van der Waals surface area contributed by atoms with Crippen LogP contribution in [0.2, 0.25) is 10.0 Å². The standard InChI is InChI=1S/C22H18Cl2N2O3S/c23-16-9-11-19(20(24)13-16)22(27)25-17-10-8-15-5-4-12-26(21(15)14-17)30(28,29)18-6-2-1-3-7-18/h1-3,6-11,13-14H,4-5,12H2,(H,25,27). The fourth-order valence-corrected chi connectivity index (χ4v) is 5.51. The zero-order chi connectivity index (χ0) is 21.3. The number of hydrogen-bond acceptors (Lipinski definition) is 3. The Kier molecular flexibility index (Phi) is 5.73. The molecule has 8 heteroatoms. The van der Waals surface area contributed by atoms with E-state index >= 15 is 0 Å². The maximum absolute atomic E-state index is 13.2. The number of nitrogens with one attached hydrogen (secondary N) is 1. The molecule has 0 fully saturated rings. The van der Waals surface area contributed by atoms with Gasteiger partial charge in [-0.2, -0.15) is 0 Å². The highest BCUT2D eigenvalue weighted by Crippen LogP contribution is 2.34. The highest BCUT2D eigenvalue weighted by molar-refractivity contribution is 7.92. The van der Waals surface area contributed by atoms with Crippen molar-refractivity contribution in [1.82, 2.24) is 0 Å². The van der Waals surface area contributed by atoms with Gasteiger partial charge < -0.3 is 5.32 Å². The molecular formula is C22H18Cl2N2O3S. The van der Waals surface area contributed by atoms with E-state index in [2.05, 4.69) is 5.32 Å². The molecule has 3 aromatic carbocycles. The lowest BCUT2D eigenvalue weighted by Gasteiger charge is -2.31. The minimum Gasteiger partial charge on any atom is -0.322 e. The lowest BCUT2D eigenvalue weighted by molar-refractivity contribution is 0.102. The summed E-state index contributed by atoms with van der Waals surface area (Å²) in [5, 5.41) is 3.47. The van der Waals surface area contributed by atoms with Crippen LogP contribution >= 0.6 is 23.2 Å². The highest BCUT2D eigenvalue weighted by atomic mass is 35.5. The van der Waals surface area contributed by atoms with Gasteiger partial charge in [0.1, 0.15) is 0 Å². The second kappa shape index (κ2) is 8.30. The van der Waals surface area contributed by atoms with E-state index in [-0.39, 0.29) is 15.5 Å². The Morgan fingerprint density at radius 1 is 0.967 bits per heavy atom. The predicted molar refractivity (Wildman–Crippen MR) is 120 cm³/mol. The molecule has 0 aromatic heterocycles. The third kappa shape index (κ3) is 4.03. The molecule has 30 heavy (non-hydrogen) atoms. The first-order valence-corrected chi connectivity index (χ1v) is 11.5. The van der Waals surface area contributed by atoms with Crippen LogP contribution in [0.4, 0.5) is 11.4 Å². The Balaban J connectivity index is 1.66. The van der Waals surface area contributed by atoms with Crippen molar-refractivity contribution in [2.75, 3.05) is 16.2 Å². The molecule has 1 N–H and O–H groups in total. The molecule has 0 aliphatic carbocycles. The van der Waals surface area contributed by atoms with E-state index in [0.717, 1.165) is 18.4 Å². The van der Waals surface area contributed by atoms with Crippen molar-refractivity contribution in [1.29, 1.82) is 0 Å². The van der Waals surface area contributed by atoms with Crippen LogP contribution in [0, 0.1) is 0 Å². The van der Waals surface area contributed by atoms with E-state index in [0.29, 0.717) is 22.9 Å². The highest BCUT2D eigenvalue weighted by Gasteiger charge is 2.29. The van der Waals surface area contributed by atoms with Crippen LogP contribution in [0.5, 0.6) is 0 Å². The van der Waals surface area contributed by atoms with Crippen molar-refractivity contribution in [3.8, 4) is 0 Å². The van der Waals surface area contributed by atoms with Gasteiger partial charge in [0.05, 0.1) is 21.2 Å². The van der Waals surface area contributed by atoms with Gasteiger partial charge in [0.15, 0.2) is 0 Å². The number of rotatable bonds is 4. The van der Waals surface area contributed by atoms with Gasteiger partial charge >= 0.3 is 0 Å². The number of fused-ring (bicyclic) bond motifs is 1. The summed E-state index contributed by atoms with van der Waals surface area (Å²) in [4.78, 5) is 12.9. The second-order valence-corrected chi connectivity index (χ2v) is 9.62. The Morgan fingerprint density at radius 2 is 1.73 bits per heavy atom. The number of nitrogens with zero attached hydrogens (tertiary/aromatic N) is 1. The van der Waals surface area contributed by atoms with Crippen molar-refractivity contribution in [3.05, 3.63) is 87.9 Å². The average Bonchev–Trinajstić information content (AvgIpc) is 2.73. The molecule has 1 amide bonds. The lowest BCUT2D eigenvalue weighted by Crippen LogP contribution is -2.35. The molecule has 0 bridgehead atoms. The van der Waals surface area contributed by atoms with Crippen molar-refractivity contribution < 1.29 is 13.2 Å². The van der Waals surface area contributed by atoms with Crippen LogP contribution in [-0.2, 0) is 16.4 Å². The first-order valence-electron chi connectivity index (χ1n) is 9.33. The molecule has 0 radical (unpaired) electrons. The molecule has 4 rings (SSSR count). The summed E-state index contributed by atoms with van der Waals surface area (Å²) >= 11 is 12.0. The molecule has 1 aliphatic rings. The Hall–Kier alpha value is -2.54. The van der Waals surface area contributed by atoms with Gasteiger partial charge in [-0.05, 0) is 60.9 Å². The Labute approximate surface area is 185 Å². The number of aryl methyl sites for hydroxylation is 1. The molecule has 0 saturated heterocycles. The maximum atomic E-state index is 13.2. The zero-order valence-corrected chi connectivity index (χ0v) is 18.1. The molecule has 1 aliphatic heterocycles. The summed E-state index contributed by atoms with van der Waals surface area (Å²) in [6, 6.07) is 18.3. The Morgan fingerprint density at radius 3 is 2.47 bits per heavy atom. The molecule has 1 heterocycles. The zero-order valence-electron chi connectivity index (χ0n) is 15.8. The average molecular weight is 461 g/mol. The number of benzene rings is 3. The topological polar surface area (TPSA) is 66.5 Å². The third-order valence-corrected chi connectivity index (χ3v) is 7.30. The smallest absolute Gasteiger partial charge is 0.264 e. The number of sulfonamides is 1. The summed E-state index contributed by atoms with van der Waals surface area (Å²) in [5.74, 6) is -0.398. The molecule has 0 saturated carbocycles. The van der Waals surface area contributed by atoms with Crippen molar-refractivity contribution in [2.45, 2.75) is 17.7 Å². The van der Waals surface area contributed by atoms with Gasteiger partial charge in [-0.1, -0.05) is 47.5 Å². The quantitative estimate of drug-likeness (QED) is 0.567. The predicted octanol–water partition coefficient (Wildman–Crippen LogP) is 5.39. The van der Waals surface area contributed by atoms with E-state index in [1.165, 1.54) is 10.4 Å². The fraction of sp³-hybridized carbons (Fsp3) is 0.136. The summed E-state index contributed by atoms with van der Waals surface area (Å²) in [6.07, 6.45) is 1.50. The third-order valence-electron chi connectivity index (χ3n) is 4.93. The SMILES string of the molecule is O=C(Nc1ccc2c(c1)N(S(=O)(=O)c1ccccc1)CCC2)c1ccc(Cl)cc1Cl. The number of carbonyl (C=O) groups is 1. The molecule has 0 atom stereocenters. The second-order valence-electron chi connectivity index (χ2n) is 6.92. The molecule has 3 aromatic rings. The van der Waals surface area contributed by atoms with Crippen molar-refractivity contribution in [3.63, 3.8) is 0 Å². The first kappa shape index (κ1) is 20.7. The maximum Gasteiger partial charge on any atom is 0.264 e. The van der Waals surface area contributed by atoms with Gasteiger partial charge in [0.25, 0.3) is 15.9 Å². The van der Waals surface area contributed by atoms with Crippen molar-refractivity contribution in [2.24, 2.45) is 0 Å². The molecule has 0 spiro atoms. The number of anilines is 2. The summed E-state index contributed by atoms with van der Waals surface area (Å²) in [7, 11) is -3.70. The van der Waals surface area contributed by atoms with Gasteiger partial charge in [-0.25, -0.2) is 8.42 Å². The van der Waals surface area contributed by atoms with Crippen LogP contribution in [0.15, 0.2) is 71.6 Å². The van der Waals surface area contributed by atoms with Gasteiger partial charge in [0, 0.05) is 17.3 Å².